The van der Waals surface area contributed by atoms with Crippen LogP contribution in [-0.2, 0) is 12.8 Å². The van der Waals surface area contributed by atoms with Crippen molar-refractivity contribution in [3.8, 4) is 17.2 Å². The molecule has 0 unspecified atom stereocenters. The lowest BCUT2D eigenvalue weighted by Crippen LogP contribution is -2.18. The first kappa shape index (κ1) is 22.9. The number of hydrogen-bond donors (Lipinski definition) is 3. The zero-order valence-electron chi connectivity index (χ0n) is 18.7. The van der Waals surface area contributed by atoms with Gasteiger partial charge in [0.05, 0.1) is 24.0 Å². The minimum Gasteiger partial charge on any atom is -0.515 e. The molecule has 1 heterocycles. The highest BCUT2D eigenvalue weighted by Gasteiger charge is 2.24. The fraction of sp³-hybridized carbons (Fsp3) is 0.280. The third-order valence-electron chi connectivity index (χ3n) is 5.27. The summed E-state index contributed by atoms with van der Waals surface area (Å²) in [6.07, 6.45) is 4.61. The Morgan fingerprint density at radius 3 is 2.09 bits per heavy atom. The van der Waals surface area contributed by atoms with Gasteiger partial charge in [0, 0.05) is 17.2 Å². The van der Waals surface area contributed by atoms with Gasteiger partial charge >= 0.3 is 0 Å². The molecule has 0 bridgehead atoms. The molecule has 3 rings (SSSR count). The molecule has 32 heavy (non-hydrogen) atoms. The molecule has 7 nitrogen and oxygen atoms in total. The van der Waals surface area contributed by atoms with Crippen molar-refractivity contribution in [2.75, 3.05) is 7.11 Å². The molecule has 0 aliphatic heterocycles. The molecule has 168 valence electrons. The first-order valence-corrected chi connectivity index (χ1v) is 10.1. The van der Waals surface area contributed by atoms with E-state index in [1.807, 2.05) is 33.8 Å². The smallest absolute Gasteiger partial charge is 0.224 e. The van der Waals surface area contributed by atoms with Gasteiger partial charge in [0.15, 0.2) is 11.3 Å². The molecule has 3 N–H and O–H groups in total. The number of aliphatic hydroxyl groups excluding tert-OH is 1. The van der Waals surface area contributed by atoms with Crippen LogP contribution in [-0.4, -0.2) is 22.4 Å². The van der Waals surface area contributed by atoms with E-state index in [1.165, 1.54) is 7.11 Å². The highest BCUT2D eigenvalue weighted by molar-refractivity contribution is 6.01. The average Bonchev–Trinajstić information content (AvgIpc) is 2.71. The third-order valence-corrected chi connectivity index (χ3v) is 5.27. The Bertz CT molecular complexity index is 1450. The van der Waals surface area contributed by atoms with Crippen LogP contribution in [0.5, 0.6) is 17.2 Å². The third kappa shape index (κ3) is 3.82. The van der Waals surface area contributed by atoms with Crippen LogP contribution in [0.15, 0.2) is 43.4 Å². The number of allylic oxidation sites excluding steroid dienone is 4. The normalized spacial score (nSPS) is 11.7. The summed E-state index contributed by atoms with van der Waals surface area (Å²) in [5.74, 6) is -0.793. The monoisotopic (exact) mass is 438 g/mol. The number of hydrogen-bond acceptors (Lipinski definition) is 7. The highest BCUT2D eigenvalue weighted by atomic mass is 16.5. The molecule has 7 heteroatoms. The van der Waals surface area contributed by atoms with Crippen molar-refractivity contribution < 1.29 is 24.5 Å². The number of ether oxygens (including phenoxy) is 1. The van der Waals surface area contributed by atoms with Crippen molar-refractivity contribution >= 4 is 28.2 Å². The van der Waals surface area contributed by atoms with E-state index in [1.54, 1.807) is 6.08 Å². The molecule has 0 saturated heterocycles. The van der Waals surface area contributed by atoms with E-state index in [-0.39, 0.29) is 51.3 Å². The molecular formula is C25H26O7. The summed E-state index contributed by atoms with van der Waals surface area (Å²) in [5, 5.41) is 31.5. The fourth-order valence-corrected chi connectivity index (χ4v) is 3.67. The SMILES string of the molecule is COc1c(CC=C(C)C)c2c(O)c3c(=O)c(CC=C(C)C)c(O)/c(=C\O)c3oc2cc1=O. The van der Waals surface area contributed by atoms with E-state index in [2.05, 4.69) is 0 Å². The van der Waals surface area contributed by atoms with Crippen molar-refractivity contribution in [1.82, 2.24) is 0 Å². The van der Waals surface area contributed by atoms with Crippen LogP contribution in [0.2, 0.25) is 0 Å². The van der Waals surface area contributed by atoms with E-state index < -0.39 is 22.4 Å². The number of methoxy groups -OCH3 is 1. The van der Waals surface area contributed by atoms with Gasteiger partial charge in [-0.1, -0.05) is 23.3 Å². The Morgan fingerprint density at radius 2 is 1.56 bits per heavy atom. The summed E-state index contributed by atoms with van der Waals surface area (Å²) in [7, 11) is 1.36. The summed E-state index contributed by atoms with van der Waals surface area (Å²) in [4.78, 5) is 25.9. The molecule has 0 aliphatic carbocycles. The molecule has 3 aromatic rings. The van der Waals surface area contributed by atoms with Crippen molar-refractivity contribution in [1.29, 1.82) is 0 Å². The van der Waals surface area contributed by atoms with Crippen LogP contribution < -0.4 is 20.8 Å². The first-order chi connectivity index (χ1) is 15.1. The van der Waals surface area contributed by atoms with Crippen molar-refractivity contribution in [3.05, 3.63) is 66.2 Å². The standard InChI is InChI=1S/C25H26O7/c1-12(2)6-8-14-19-18(10-17(27)24(14)31-5)32-25-16(11-26)21(28)15(9-7-13(3)4)22(29)20(25)23(19)30/h6-7,10-11,26,28,30H,8-9H2,1-5H3/b16-11+. The van der Waals surface area contributed by atoms with Crippen LogP contribution in [0.1, 0.15) is 38.8 Å². The van der Waals surface area contributed by atoms with E-state index in [9.17, 15) is 24.9 Å². The summed E-state index contributed by atoms with van der Waals surface area (Å²) >= 11 is 0. The van der Waals surface area contributed by atoms with Crippen molar-refractivity contribution in [2.24, 2.45) is 0 Å². The molecule has 0 amide bonds. The molecule has 0 saturated carbocycles. The number of aromatic hydroxyl groups is 2. The van der Waals surface area contributed by atoms with Crippen molar-refractivity contribution in [3.63, 3.8) is 0 Å². The molecule has 2 aromatic carbocycles. The van der Waals surface area contributed by atoms with Gasteiger partial charge in [-0.15, -0.1) is 0 Å². The van der Waals surface area contributed by atoms with E-state index in [0.717, 1.165) is 17.2 Å². The second-order valence-corrected chi connectivity index (χ2v) is 8.08. The predicted octanol–water partition coefficient (Wildman–Crippen LogP) is 3.76. The Balaban J connectivity index is 2.59. The van der Waals surface area contributed by atoms with Crippen molar-refractivity contribution in [2.45, 2.75) is 40.5 Å². The number of aliphatic hydroxyl groups is 1. The summed E-state index contributed by atoms with van der Waals surface area (Å²) in [6, 6.07) is 1.15. The lowest BCUT2D eigenvalue weighted by Gasteiger charge is -2.14. The minimum atomic E-state index is -0.623. The zero-order chi connectivity index (χ0) is 23.7. The van der Waals surface area contributed by atoms with Gasteiger partial charge in [0.1, 0.15) is 22.5 Å². The second kappa shape index (κ2) is 8.78. The largest absolute Gasteiger partial charge is 0.515 e. The Kier molecular flexibility index (Phi) is 6.30. The summed E-state index contributed by atoms with van der Waals surface area (Å²) in [6.45, 7) is 7.49. The second-order valence-electron chi connectivity index (χ2n) is 8.08. The first-order valence-electron chi connectivity index (χ1n) is 10.1. The quantitative estimate of drug-likeness (QED) is 0.410. The van der Waals surface area contributed by atoms with Gasteiger partial charge in [0.25, 0.3) is 0 Å². The maximum absolute atomic E-state index is 13.3. The van der Waals surface area contributed by atoms with Gasteiger partial charge in [-0.05, 0) is 40.5 Å². The van der Waals surface area contributed by atoms with Crippen LogP contribution in [0.3, 0.4) is 0 Å². The zero-order valence-corrected chi connectivity index (χ0v) is 18.7. The molecule has 0 atom stereocenters. The minimum absolute atomic E-state index is 0.0110. The number of benzene rings is 2. The summed E-state index contributed by atoms with van der Waals surface area (Å²) in [5.41, 5.74) is 1.04. The maximum Gasteiger partial charge on any atom is 0.224 e. The highest BCUT2D eigenvalue weighted by Crippen LogP contribution is 2.37. The van der Waals surface area contributed by atoms with Crippen LogP contribution in [0.25, 0.3) is 28.2 Å². The van der Waals surface area contributed by atoms with Gasteiger partial charge in [-0.25, -0.2) is 0 Å². The number of fused-ring (bicyclic) bond motifs is 2. The van der Waals surface area contributed by atoms with Crippen LogP contribution in [0, 0.1) is 0 Å². The van der Waals surface area contributed by atoms with Crippen LogP contribution >= 0.6 is 0 Å². The topological polar surface area (TPSA) is 117 Å². The molecule has 0 aliphatic rings. The van der Waals surface area contributed by atoms with E-state index in [4.69, 9.17) is 9.15 Å². The Hall–Kier alpha value is -3.74. The van der Waals surface area contributed by atoms with E-state index in [0.29, 0.717) is 11.8 Å². The molecule has 0 spiro atoms. The molecular weight excluding hydrogens is 412 g/mol. The van der Waals surface area contributed by atoms with Gasteiger partial charge in [-0.3, -0.25) is 9.59 Å². The average molecular weight is 438 g/mol. The number of phenolic OH excluding ortho intramolecular Hbond substituents is 1. The lowest BCUT2D eigenvalue weighted by molar-refractivity contribution is 0.406. The predicted molar refractivity (Wildman–Crippen MR) is 125 cm³/mol. The Morgan fingerprint density at radius 1 is 0.969 bits per heavy atom. The molecule has 0 radical (unpaired) electrons. The van der Waals surface area contributed by atoms with Gasteiger partial charge in [-0.2, -0.15) is 0 Å². The van der Waals surface area contributed by atoms with Crippen LogP contribution in [0.4, 0.5) is 0 Å². The lowest BCUT2D eigenvalue weighted by atomic mass is 9.98. The fourth-order valence-electron chi connectivity index (χ4n) is 3.67. The van der Waals surface area contributed by atoms with Gasteiger partial charge < -0.3 is 24.5 Å². The maximum atomic E-state index is 13.3. The van der Waals surface area contributed by atoms with Gasteiger partial charge in [0.2, 0.25) is 10.9 Å². The molecule has 0 fully saturated rings. The molecule has 1 aromatic heterocycles. The summed E-state index contributed by atoms with van der Waals surface area (Å²) < 4.78 is 11.1. The number of rotatable bonds is 5. The Labute approximate surface area is 184 Å². The van der Waals surface area contributed by atoms with E-state index >= 15 is 0 Å². The number of phenols is 1.